The van der Waals surface area contributed by atoms with Crippen LogP contribution in [0.3, 0.4) is 0 Å². The number of aryl methyl sites for hydroxylation is 1. The second-order valence-corrected chi connectivity index (χ2v) is 5.05. The molecule has 0 saturated carbocycles. The molecule has 2 aromatic rings. The van der Waals surface area contributed by atoms with Crippen LogP contribution >= 0.6 is 11.6 Å². The first kappa shape index (κ1) is 14.8. The van der Waals surface area contributed by atoms with Crippen LogP contribution in [0.1, 0.15) is 37.6 Å². The van der Waals surface area contributed by atoms with Gasteiger partial charge in [-0.1, -0.05) is 25.4 Å². The van der Waals surface area contributed by atoms with E-state index in [-0.39, 0.29) is 6.04 Å². The average Bonchev–Trinajstić information content (AvgIpc) is 2.49. The molecule has 1 atom stereocenters. The van der Waals surface area contributed by atoms with Crippen molar-refractivity contribution in [2.75, 3.05) is 0 Å². The summed E-state index contributed by atoms with van der Waals surface area (Å²) in [6.45, 7) is 4.10. The molecular weight excluding hydrogens is 272 g/mol. The summed E-state index contributed by atoms with van der Waals surface area (Å²) in [6, 6.07) is 9.43. The largest absolute Gasteiger partial charge is 0.456 e. The molecule has 3 nitrogen and oxygen atoms in total. The van der Waals surface area contributed by atoms with E-state index in [0.717, 1.165) is 34.9 Å². The van der Waals surface area contributed by atoms with Crippen molar-refractivity contribution < 1.29 is 4.74 Å². The topological polar surface area (TPSA) is 48.1 Å². The van der Waals surface area contributed by atoms with Crippen molar-refractivity contribution in [2.24, 2.45) is 5.73 Å². The zero-order valence-corrected chi connectivity index (χ0v) is 12.5. The molecule has 0 aliphatic rings. The van der Waals surface area contributed by atoms with Gasteiger partial charge in [-0.25, -0.2) is 0 Å². The lowest BCUT2D eigenvalue weighted by atomic mass is 10.1. The van der Waals surface area contributed by atoms with Gasteiger partial charge in [0.15, 0.2) is 0 Å². The van der Waals surface area contributed by atoms with Crippen molar-refractivity contribution in [2.45, 2.75) is 32.7 Å². The second-order valence-electron chi connectivity index (χ2n) is 4.64. The maximum atomic E-state index is 6.09. The number of hydrogen-bond acceptors (Lipinski definition) is 3. The number of benzene rings is 1. The van der Waals surface area contributed by atoms with E-state index in [4.69, 9.17) is 22.1 Å². The van der Waals surface area contributed by atoms with Gasteiger partial charge in [0, 0.05) is 11.1 Å². The Kier molecular flexibility index (Phi) is 4.99. The summed E-state index contributed by atoms with van der Waals surface area (Å²) in [4.78, 5) is 4.33. The van der Waals surface area contributed by atoms with Crippen molar-refractivity contribution in [1.29, 1.82) is 0 Å². The van der Waals surface area contributed by atoms with E-state index in [0.29, 0.717) is 5.75 Å². The molecule has 0 fully saturated rings. The molecule has 0 aliphatic carbocycles. The minimum absolute atomic E-state index is 0.0220. The third kappa shape index (κ3) is 3.50. The normalized spacial score (nSPS) is 12.2. The summed E-state index contributed by atoms with van der Waals surface area (Å²) in [6.07, 6.45) is 3.44. The molecule has 20 heavy (non-hydrogen) atoms. The highest BCUT2D eigenvalue weighted by molar-refractivity contribution is 6.31. The van der Waals surface area contributed by atoms with Crippen LogP contribution in [0.25, 0.3) is 0 Å². The zero-order chi connectivity index (χ0) is 14.5. The predicted molar refractivity (Wildman–Crippen MR) is 82.4 cm³/mol. The third-order valence-corrected chi connectivity index (χ3v) is 3.58. The number of ether oxygens (including phenoxy) is 1. The van der Waals surface area contributed by atoms with Crippen LogP contribution in [0.2, 0.25) is 5.02 Å². The van der Waals surface area contributed by atoms with Crippen molar-refractivity contribution in [3.05, 3.63) is 52.8 Å². The molecule has 0 radical (unpaired) electrons. The number of hydrogen-bond donors (Lipinski definition) is 1. The van der Waals surface area contributed by atoms with E-state index in [1.165, 1.54) is 0 Å². The molecule has 2 rings (SSSR count). The van der Waals surface area contributed by atoms with Crippen LogP contribution in [0.15, 0.2) is 36.5 Å². The Morgan fingerprint density at radius 2 is 1.95 bits per heavy atom. The van der Waals surface area contributed by atoms with Crippen molar-refractivity contribution in [1.82, 2.24) is 4.98 Å². The van der Waals surface area contributed by atoms with Crippen molar-refractivity contribution in [3.63, 3.8) is 0 Å². The summed E-state index contributed by atoms with van der Waals surface area (Å²) in [5.41, 5.74) is 7.88. The molecule has 1 aromatic carbocycles. The third-order valence-electron chi connectivity index (χ3n) is 3.21. The van der Waals surface area contributed by atoms with Crippen LogP contribution in [0, 0.1) is 0 Å². The van der Waals surface area contributed by atoms with Gasteiger partial charge < -0.3 is 10.5 Å². The van der Waals surface area contributed by atoms with Crippen LogP contribution in [-0.2, 0) is 6.42 Å². The Morgan fingerprint density at radius 1 is 1.20 bits per heavy atom. The minimum atomic E-state index is -0.0220. The molecule has 0 bridgehead atoms. The Hall–Kier alpha value is -1.58. The van der Waals surface area contributed by atoms with Gasteiger partial charge in [-0.15, -0.1) is 0 Å². The zero-order valence-electron chi connectivity index (χ0n) is 11.8. The monoisotopic (exact) mass is 290 g/mol. The van der Waals surface area contributed by atoms with Gasteiger partial charge in [-0.05, 0) is 48.7 Å². The van der Waals surface area contributed by atoms with E-state index < -0.39 is 0 Å². The summed E-state index contributed by atoms with van der Waals surface area (Å²) < 4.78 is 5.78. The molecular formula is C16H19ClN2O. The highest BCUT2D eigenvalue weighted by Gasteiger charge is 2.06. The molecule has 0 aliphatic heterocycles. The molecule has 1 heterocycles. The first-order valence-electron chi connectivity index (χ1n) is 6.81. The molecule has 1 unspecified atom stereocenters. The van der Waals surface area contributed by atoms with Crippen molar-refractivity contribution in [3.8, 4) is 11.5 Å². The number of aromatic nitrogens is 1. The summed E-state index contributed by atoms with van der Waals surface area (Å²) >= 11 is 6.09. The first-order valence-corrected chi connectivity index (χ1v) is 7.19. The van der Waals surface area contributed by atoms with Gasteiger partial charge in [0.25, 0.3) is 0 Å². The maximum absolute atomic E-state index is 6.09. The first-order chi connectivity index (χ1) is 9.63. The standard InChI is InChI=1S/C16H19ClN2O/c1-3-11-9-12(5-7-14(11)17)20-13-6-8-16(19-10-13)15(18)4-2/h5-10,15H,3-4,18H2,1-2H3. The van der Waals surface area contributed by atoms with Crippen molar-refractivity contribution >= 4 is 11.6 Å². The van der Waals surface area contributed by atoms with Gasteiger partial charge in [0.2, 0.25) is 0 Å². The lowest BCUT2D eigenvalue weighted by Gasteiger charge is -2.10. The van der Waals surface area contributed by atoms with Gasteiger partial charge in [0.05, 0.1) is 11.9 Å². The highest BCUT2D eigenvalue weighted by atomic mass is 35.5. The number of pyridine rings is 1. The van der Waals surface area contributed by atoms with E-state index >= 15 is 0 Å². The Morgan fingerprint density at radius 3 is 2.55 bits per heavy atom. The number of rotatable bonds is 5. The highest BCUT2D eigenvalue weighted by Crippen LogP contribution is 2.26. The summed E-state index contributed by atoms with van der Waals surface area (Å²) in [5.74, 6) is 1.46. The SMILES string of the molecule is CCc1cc(Oc2ccc(C(N)CC)nc2)ccc1Cl. The van der Waals surface area contributed by atoms with E-state index in [2.05, 4.69) is 11.9 Å². The Labute approximate surface area is 124 Å². The van der Waals surface area contributed by atoms with Crippen LogP contribution in [-0.4, -0.2) is 4.98 Å². The van der Waals surface area contributed by atoms with Gasteiger partial charge in [-0.3, -0.25) is 4.98 Å². The quantitative estimate of drug-likeness (QED) is 0.882. The molecule has 2 N–H and O–H groups in total. The second kappa shape index (κ2) is 6.73. The molecule has 0 saturated heterocycles. The number of nitrogens with two attached hydrogens (primary N) is 1. The van der Waals surface area contributed by atoms with E-state index in [1.54, 1.807) is 6.20 Å². The Balaban J connectivity index is 2.14. The van der Waals surface area contributed by atoms with Crippen LogP contribution in [0.5, 0.6) is 11.5 Å². The molecule has 4 heteroatoms. The molecule has 0 spiro atoms. The molecule has 1 aromatic heterocycles. The fourth-order valence-electron chi connectivity index (χ4n) is 1.90. The van der Waals surface area contributed by atoms with E-state index in [1.807, 2.05) is 37.3 Å². The summed E-state index contributed by atoms with van der Waals surface area (Å²) in [7, 11) is 0. The van der Waals surface area contributed by atoms with Gasteiger partial charge in [-0.2, -0.15) is 0 Å². The minimum Gasteiger partial charge on any atom is -0.456 e. The van der Waals surface area contributed by atoms with Crippen LogP contribution < -0.4 is 10.5 Å². The maximum Gasteiger partial charge on any atom is 0.145 e. The van der Waals surface area contributed by atoms with Crippen LogP contribution in [0.4, 0.5) is 0 Å². The lowest BCUT2D eigenvalue weighted by Crippen LogP contribution is -2.10. The average molecular weight is 291 g/mol. The Bertz CT molecular complexity index is 569. The molecule has 0 amide bonds. The van der Waals surface area contributed by atoms with Gasteiger partial charge >= 0.3 is 0 Å². The summed E-state index contributed by atoms with van der Waals surface area (Å²) in [5, 5.41) is 0.766. The fourth-order valence-corrected chi connectivity index (χ4v) is 2.15. The fraction of sp³-hybridized carbons (Fsp3) is 0.312. The number of nitrogens with zero attached hydrogens (tertiary/aromatic N) is 1. The molecule has 106 valence electrons. The predicted octanol–water partition coefficient (Wildman–Crippen LogP) is 4.50. The number of halogens is 1. The smallest absolute Gasteiger partial charge is 0.145 e. The van der Waals surface area contributed by atoms with Gasteiger partial charge in [0.1, 0.15) is 11.5 Å². The van der Waals surface area contributed by atoms with E-state index in [9.17, 15) is 0 Å². The lowest BCUT2D eigenvalue weighted by molar-refractivity contribution is 0.478.